The molecule has 0 aliphatic heterocycles. The van der Waals surface area contributed by atoms with Crippen molar-refractivity contribution >= 4 is 28.0 Å². The summed E-state index contributed by atoms with van der Waals surface area (Å²) in [4.78, 5) is 4.78. The molecular formula is C19H23N3S. The van der Waals surface area contributed by atoms with E-state index in [0.717, 1.165) is 34.4 Å². The highest BCUT2D eigenvalue weighted by Crippen LogP contribution is 2.56. The molecule has 0 atom stereocenters. The van der Waals surface area contributed by atoms with E-state index in [4.69, 9.17) is 4.98 Å². The van der Waals surface area contributed by atoms with E-state index in [2.05, 4.69) is 28.1 Å². The number of hydrogen-bond donors (Lipinski definition) is 2. The Labute approximate surface area is 141 Å². The third-order valence-electron chi connectivity index (χ3n) is 5.96. The molecule has 0 saturated heterocycles. The Balaban J connectivity index is 1.32. The molecule has 0 unspecified atom stereocenters. The van der Waals surface area contributed by atoms with Crippen molar-refractivity contribution in [3.63, 3.8) is 0 Å². The number of nitrogens with zero attached hydrogens (tertiary/aromatic N) is 1. The van der Waals surface area contributed by atoms with Crippen LogP contribution < -0.4 is 10.6 Å². The molecule has 0 spiro atoms. The maximum atomic E-state index is 4.78. The normalized spacial score (nSPS) is 34.5. The summed E-state index contributed by atoms with van der Waals surface area (Å²) >= 11 is 1.69. The highest BCUT2D eigenvalue weighted by Gasteiger charge is 2.51. The summed E-state index contributed by atoms with van der Waals surface area (Å²) in [5.41, 5.74) is 1.44. The molecule has 4 fully saturated rings. The molecule has 0 amide bonds. The smallest absolute Gasteiger partial charge is 0.189 e. The predicted molar refractivity (Wildman–Crippen MR) is 96.4 cm³/mol. The SMILES string of the molecule is c1ccc(Nc2nc(NC34CC5CC(CC(C5)C3)C4)cs2)cc1. The van der Waals surface area contributed by atoms with Gasteiger partial charge in [0.1, 0.15) is 5.82 Å². The summed E-state index contributed by atoms with van der Waals surface area (Å²) in [7, 11) is 0. The maximum Gasteiger partial charge on any atom is 0.189 e. The van der Waals surface area contributed by atoms with Gasteiger partial charge in [0.2, 0.25) is 0 Å². The topological polar surface area (TPSA) is 37.0 Å². The summed E-state index contributed by atoms with van der Waals surface area (Å²) in [5.74, 6) is 3.97. The first kappa shape index (κ1) is 13.8. The van der Waals surface area contributed by atoms with Gasteiger partial charge in [-0.1, -0.05) is 18.2 Å². The van der Waals surface area contributed by atoms with Crippen molar-refractivity contribution in [2.24, 2.45) is 17.8 Å². The molecule has 0 radical (unpaired) electrons. The molecule has 2 aromatic rings. The van der Waals surface area contributed by atoms with Crippen molar-refractivity contribution in [3.05, 3.63) is 35.7 Å². The molecule has 4 bridgehead atoms. The summed E-state index contributed by atoms with van der Waals surface area (Å²) in [5, 5.41) is 10.4. The minimum absolute atomic E-state index is 0.340. The lowest BCUT2D eigenvalue weighted by atomic mass is 9.53. The zero-order chi connectivity index (χ0) is 15.3. The van der Waals surface area contributed by atoms with Gasteiger partial charge in [0.25, 0.3) is 0 Å². The van der Waals surface area contributed by atoms with E-state index in [9.17, 15) is 0 Å². The lowest BCUT2D eigenvalue weighted by Crippen LogP contribution is -2.54. The number of hydrogen-bond acceptors (Lipinski definition) is 4. The standard InChI is InChI=1S/C19H23N3S/c1-2-4-16(5-3-1)20-18-21-17(12-23-18)22-19-9-13-6-14(10-19)8-15(7-13)11-19/h1-5,12-15,22H,6-11H2,(H,20,21). The first-order chi connectivity index (χ1) is 11.3. The van der Waals surface area contributed by atoms with Crippen molar-refractivity contribution < 1.29 is 0 Å². The number of benzene rings is 1. The molecule has 2 N–H and O–H groups in total. The average Bonchev–Trinajstić information content (AvgIpc) is 2.93. The summed E-state index contributed by atoms with van der Waals surface area (Å²) < 4.78 is 0. The Bertz CT molecular complexity index is 658. The second kappa shape index (κ2) is 5.23. The van der Waals surface area contributed by atoms with E-state index >= 15 is 0 Å². The molecule has 1 aromatic heterocycles. The van der Waals surface area contributed by atoms with E-state index in [0.29, 0.717) is 5.54 Å². The molecule has 120 valence electrons. The number of thiazole rings is 1. The summed E-state index contributed by atoms with van der Waals surface area (Å²) in [6.45, 7) is 0. The predicted octanol–water partition coefficient (Wildman–Crippen LogP) is 5.27. The van der Waals surface area contributed by atoms with Crippen LogP contribution in [0.15, 0.2) is 35.7 Å². The maximum absolute atomic E-state index is 4.78. The lowest BCUT2D eigenvalue weighted by Gasteiger charge is -2.57. The third kappa shape index (κ3) is 2.63. The van der Waals surface area contributed by atoms with Gasteiger partial charge in [0.05, 0.1) is 0 Å². The van der Waals surface area contributed by atoms with Crippen LogP contribution in [0.4, 0.5) is 16.6 Å². The highest BCUT2D eigenvalue weighted by molar-refractivity contribution is 7.14. The second-order valence-corrected chi connectivity index (χ2v) is 8.71. The van der Waals surface area contributed by atoms with Gasteiger partial charge in [-0.25, -0.2) is 4.98 Å². The van der Waals surface area contributed by atoms with Crippen LogP contribution in [0.2, 0.25) is 0 Å². The molecule has 4 saturated carbocycles. The van der Waals surface area contributed by atoms with Crippen LogP contribution in [-0.2, 0) is 0 Å². The van der Waals surface area contributed by atoms with Crippen LogP contribution in [0.5, 0.6) is 0 Å². The van der Waals surface area contributed by atoms with Gasteiger partial charge >= 0.3 is 0 Å². The van der Waals surface area contributed by atoms with Gasteiger partial charge < -0.3 is 10.6 Å². The fourth-order valence-corrected chi connectivity index (χ4v) is 6.23. The first-order valence-electron chi connectivity index (χ1n) is 8.82. The molecule has 4 heteroatoms. The van der Waals surface area contributed by atoms with Crippen molar-refractivity contribution in [1.82, 2.24) is 4.98 Å². The molecule has 4 aliphatic carbocycles. The number of para-hydroxylation sites is 1. The van der Waals surface area contributed by atoms with Crippen molar-refractivity contribution in [2.75, 3.05) is 10.6 Å². The fourth-order valence-electron chi connectivity index (χ4n) is 5.57. The van der Waals surface area contributed by atoms with Gasteiger partial charge in [-0.05, 0) is 68.4 Å². The number of rotatable bonds is 4. The quantitative estimate of drug-likeness (QED) is 0.804. The fraction of sp³-hybridized carbons (Fsp3) is 0.526. The van der Waals surface area contributed by atoms with Crippen LogP contribution in [0.3, 0.4) is 0 Å². The molecule has 3 nitrogen and oxygen atoms in total. The minimum atomic E-state index is 0.340. The van der Waals surface area contributed by atoms with E-state index < -0.39 is 0 Å². The van der Waals surface area contributed by atoms with Gasteiger partial charge in [-0.3, -0.25) is 0 Å². The van der Waals surface area contributed by atoms with E-state index in [1.807, 2.05) is 18.2 Å². The number of anilines is 3. The molecule has 1 heterocycles. The van der Waals surface area contributed by atoms with Gasteiger partial charge in [0, 0.05) is 16.6 Å². The Hall–Kier alpha value is -1.55. The van der Waals surface area contributed by atoms with Crippen LogP contribution in [0.25, 0.3) is 0 Å². The van der Waals surface area contributed by atoms with Crippen molar-refractivity contribution in [3.8, 4) is 0 Å². The van der Waals surface area contributed by atoms with Gasteiger partial charge in [-0.2, -0.15) is 0 Å². The Morgan fingerprint density at radius 1 is 0.957 bits per heavy atom. The summed E-state index contributed by atoms with van der Waals surface area (Å²) in [6, 6.07) is 10.3. The zero-order valence-electron chi connectivity index (χ0n) is 13.3. The number of nitrogens with one attached hydrogen (secondary N) is 2. The second-order valence-electron chi connectivity index (χ2n) is 7.85. The third-order valence-corrected chi connectivity index (χ3v) is 6.72. The van der Waals surface area contributed by atoms with Gasteiger partial charge in [-0.15, -0.1) is 11.3 Å². The average molecular weight is 325 g/mol. The Morgan fingerprint density at radius 2 is 1.61 bits per heavy atom. The van der Waals surface area contributed by atoms with Crippen LogP contribution in [0, 0.1) is 17.8 Å². The zero-order valence-corrected chi connectivity index (χ0v) is 14.1. The van der Waals surface area contributed by atoms with E-state index in [1.165, 1.54) is 38.5 Å². The summed E-state index contributed by atoms with van der Waals surface area (Å²) in [6.07, 6.45) is 8.53. The molecular weight excluding hydrogens is 302 g/mol. The number of aromatic nitrogens is 1. The van der Waals surface area contributed by atoms with E-state index in [1.54, 1.807) is 11.3 Å². The first-order valence-corrected chi connectivity index (χ1v) is 9.70. The lowest BCUT2D eigenvalue weighted by molar-refractivity contribution is 0.0106. The Morgan fingerprint density at radius 3 is 2.26 bits per heavy atom. The molecule has 1 aromatic carbocycles. The Kier molecular flexibility index (Phi) is 3.15. The van der Waals surface area contributed by atoms with E-state index in [-0.39, 0.29) is 0 Å². The highest BCUT2D eigenvalue weighted by atomic mass is 32.1. The molecule has 6 rings (SSSR count). The largest absolute Gasteiger partial charge is 0.364 e. The van der Waals surface area contributed by atoms with Gasteiger partial charge in [0.15, 0.2) is 5.13 Å². The monoisotopic (exact) mass is 325 g/mol. The van der Waals surface area contributed by atoms with Crippen molar-refractivity contribution in [1.29, 1.82) is 0 Å². The minimum Gasteiger partial charge on any atom is -0.364 e. The molecule has 4 aliphatic rings. The van der Waals surface area contributed by atoms with Crippen LogP contribution in [0.1, 0.15) is 38.5 Å². The molecule has 23 heavy (non-hydrogen) atoms. The van der Waals surface area contributed by atoms with Crippen molar-refractivity contribution in [2.45, 2.75) is 44.1 Å². The van der Waals surface area contributed by atoms with Crippen LogP contribution >= 0.6 is 11.3 Å². The van der Waals surface area contributed by atoms with Crippen LogP contribution in [-0.4, -0.2) is 10.5 Å².